The molecule has 3 heterocycles. The van der Waals surface area contributed by atoms with E-state index in [1.54, 1.807) is 12.3 Å². The number of aromatic carboxylic acids is 1. The molecule has 1 amide bonds. The van der Waals surface area contributed by atoms with Crippen molar-refractivity contribution in [1.29, 1.82) is 0 Å². The summed E-state index contributed by atoms with van der Waals surface area (Å²) >= 11 is 1.00. The lowest BCUT2D eigenvalue weighted by Gasteiger charge is -2.32. The summed E-state index contributed by atoms with van der Waals surface area (Å²) in [6, 6.07) is 6.90. The Morgan fingerprint density at radius 1 is 1.33 bits per heavy atom. The number of piperidine rings is 1. The van der Waals surface area contributed by atoms with Crippen LogP contribution in [0.3, 0.4) is 0 Å². The molecule has 0 aromatic carbocycles. The van der Waals surface area contributed by atoms with Gasteiger partial charge in [0.15, 0.2) is 0 Å². The third kappa shape index (κ3) is 4.24. The highest BCUT2D eigenvalue weighted by atomic mass is 32.1. The standard InChI is InChI=1S/C17H20N2O4S/c20-16(14-5-6-15(24-14)17(21)22)18-9-12-3-1-7-19(10-12)11-13-4-2-8-23-13/h2,4-6,8,12H,1,3,7,9-11H2,(H,18,20)(H,21,22)/t12-/m1/s1. The Balaban J connectivity index is 1.48. The van der Waals surface area contributed by atoms with Gasteiger partial charge in [-0.1, -0.05) is 0 Å². The molecule has 1 saturated heterocycles. The molecule has 6 nitrogen and oxygen atoms in total. The molecular weight excluding hydrogens is 328 g/mol. The molecule has 0 radical (unpaired) electrons. The number of rotatable bonds is 6. The Morgan fingerprint density at radius 2 is 2.17 bits per heavy atom. The smallest absolute Gasteiger partial charge is 0.345 e. The number of nitrogens with one attached hydrogen (secondary N) is 1. The number of carboxylic acids is 1. The van der Waals surface area contributed by atoms with Crippen molar-refractivity contribution in [1.82, 2.24) is 10.2 Å². The molecule has 0 spiro atoms. The number of likely N-dealkylation sites (tertiary alicyclic amines) is 1. The Labute approximate surface area is 144 Å². The second kappa shape index (κ2) is 7.63. The zero-order chi connectivity index (χ0) is 16.9. The molecule has 24 heavy (non-hydrogen) atoms. The van der Waals surface area contributed by atoms with Gasteiger partial charge in [0.05, 0.1) is 17.7 Å². The van der Waals surface area contributed by atoms with E-state index in [4.69, 9.17) is 9.52 Å². The van der Waals surface area contributed by atoms with Gasteiger partial charge in [-0.2, -0.15) is 0 Å². The monoisotopic (exact) mass is 348 g/mol. The van der Waals surface area contributed by atoms with Crippen LogP contribution in [0.1, 0.15) is 37.9 Å². The molecule has 0 saturated carbocycles. The van der Waals surface area contributed by atoms with E-state index < -0.39 is 5.97 Å². The molecule has 1 aliphatic heterocycles. The fraction of sp³-hybridized carbons (Fsp3) is 0.412. The lowest BCUT2D eigenvalue weighted by Crippen LogP contribution is -2.40. The Hall–Kier alpha value is -2.12. The highest BCUT2D eigenvalue weighted by Crippen LogP contribution is 2.19. The average molecular weight is 348 g/mol. The molecule has 2 N–H and O–H groups in total. The third-order valence-corrected chi connectivity index (χ3v) is 5.23. The van der Waals surface area contributed by atoms with E-state index in [1.165, 1.54) is 6.07 Å². The van der Waals surface area contributed by atoms with Crippen molar-refractivity contribution < 1.29 is 19.1 Å². The second-order valence-electron chi connectivity index (χ2n) is 6.00. The lowest BCUT2D eigenvalue weighted by molar-refractivity contribution is 0.0702. The summed E-state index contributed by atoms with van der Waals surface area (Å²) in [5.41, 5.74) is 0. The van der Waals surface area contributed by atoms with Gasteiger partial charge in [0.1, 0.15) is 10.6 Å². The van der Waals surface area contributed by atoms with Crippen LogP contribution >= 0.6 is 11.3 Å². The summed E-state index contributed by atoms with van der Waals surface area (Å²) in [6.45, 7) is 3.36. The largest absolute Gasteiger partial charge is 0.477 e. The molecular formula is C17H20N2O4S. The number of nitrogens with zero attached hydrogens (tertiary/aromatic N) is 1. The van der Waals surface area contributed by atoms with Crippen LogP contribution < -0.4 is 5.32 Å². The molecule has 3 rings (SSSR count). The van der Waals surface area contributed by atoms with Crippen molar-refractivity contribution in [3.8, 4) is 0 Å². The molecule has 0 unspecified atom stereocenters. The topological polar surface area (TPSA) is 82.8 Å². The van der Waals surface area contributed by atoms with E-state index in [9.17, 15) is 9.59 Å². The van der Waals surface area contributed by atoms with Crippen molar-refractivity contribution in [2.45, 2.75) is 19.4 Å². The molecule has 1 atom stereocenters. The van der Waals surface area contributed by atoms with Gasteiger partial charge < -0.3 is 14.8 Å². The Morgan fingerprint density at radius 3 is 2.88 bits per heavy atom. The van der Waals surface area contributed by atoms with Crippen LogP contribution in [0.15, 0.2) is 34.9 Å². The molecule has 7 heteroatoms. The van der Waals surface area contributed by atoms with E-state index in [0.29, 0.717) is 17.3 Å². The SMILES string of the molecule is O=C(O)c1ccc(C(=O)NC[C@H]2CCCN(Cc3ccco3)C2)s1. The highest BCUT2D eigenvalue weighted by molar-refractivity contribution is 7.15. The molecule has 0 aliphatic carbocycles. The fourth-order valence-electron chi connectivity index (χ4n) is 2.98. The molecule has 0 bridgehead atoms. The maximum absolute atomic E-state index is 12.1. The predicted octanol–water partition coefficient (Wildman–Crippen LogP) is 2.68. The van der Waals surface area contributed by atoms with Crippen molar-refractivity contribution in [3.63, 3.8) is 0 Å². The van der Waals surface area contributed by atoms with Crippen molar-refractivity contribution >= 4 is 23.2 Å². The van der Waals surface area contributed by atoms with Gasteiger partial charge in [-0.15, -0.1) is 11.3 Å². The predicted molar refractivity (Wildman–Crippen MR) is 90.3 cm³/mol. The van der Waals surface area contributed by atoms with Crippen LogP contribution in [0.4, 0.5) is 0 Å². The minimum absolute atomic E-state index is 0.183. The second-order valence-corrected chi connectivity index (χ2v) is 7.09. The van der Waals surface area contributed by atoms with Gasteiger partial charge in [0, 0.05) is 13.1 Å². The van der Waals surface area contributed by atoms with Gasteiger partial charge in [-0.25, -0.2) is 4.79 Å². The van der Waals surface area contributed by atoms with Crippen LogP contribution in [0.5, 0.6) is 0 Å². The lowest BCUT2D eigenvalue weighted by atomic mass is 9.98. The summed E-state index contributed by atoms with van der Waals surface area (Å²) < 4.78 is 5.39. The van der Waals surface area contributed by atoms with Crippen molar-refractivity contribution in [2.75, 3.05) is 19.6 Å². The van der Waals surface area contributed by atoms with Crippen molar-refractivity contribution in [3.05, 3.63) is 46.0 Å². The van der Waals surface area contributed by atoms with E-state index in [1.807, 2.05) is 12.1 Å². The number of hydrogen-bond acceptors (Lipinski definition) is 5. The fourth-order valence-corrected chi connectivity index (χ4v) is 3.74. The van der Waals surface area contributed by atoms with Gasteiger partial charge in [0.25, 0.3) is 5.91 Å². The van der Waals surface area contributed by atoms with E-state index >= 15 is 0 Å². The first kappa shape index (κ1) is 16.7. The normalized spacial score (nSPS) is 18.4. The first-order valence-corrected chi connectivity index (χ1v) is 8.79. The van der Waals surface area contributed by atoms with Gasteiger partial charge in [0.2, 0.25) is 0 Å². The number of hydrogen-bond donors (Lipinski definition) is 2. The average Bonchev–Trinajstić information content (AvgIpc) is 3.24. The molecule has 2 aromatic rings. The van der Waals surface area contributed by atoms with Crippen molar-refractivity contribution in [2.24, 2.45) is 5.92 Å². The van der Waals surface area contributed by atoms with Crippen LogP contribution in [0, 0.1) is 5.92 Å². The number of amides is 1. The molecule has 128 valence electrons. The van der Waals surface area contributed by atoms with Crippen LogP contribution in [0.2, 0.25) is 0 Å². The van der Waals surface area contributed by atoms with Gasteiger partial charge >= 0.3 is 5.97 Å². The Bertz CT molecular complexity index is 695. The minimum atomic E-state index is -1.00. The zero-order valence-corrected chi connectivity index (χ0v) is 14.1. The van der Waals surface area contributed by atoms with E-state index in [2.05, 4.69) is 10.2 Å². The molecule has 2 aromatic heterocycles. The first-order valence-electron chi connectivity index (χ1n) is 7.98. The highest BCUT2D eigenvalue weighted by Gasteiger charge is 2.21. The van der Waals surface area contributed by atoms with Crippen LogP contribution in [-0.4, -0.2) is 41.5 Å². The summed E-state index contributed by atoms with van der Waals surface area (Å²) in [5, 5.41) is 11.8. The summed E-state index contributed by atoms with van der Waals surface area (Å²) in [7, 11) is 0. The first-order chi connectivity index (χ1) is 11.6. The number of furan rings is 1. The van der Waals surface area contributed by atoms with Crippen LogP contribution in [-0.2, 0) is 6.54 Å². The van der Waals surface area contributed by atoms with E-state index in [-0.39, 0.29) is 10.8 Å². The quantitative estimate of drug-likeness (QED) is 0.839. The molecule has 1 aliphatic rings. The number of carbonyl (C=O) groups is 2. The zero-order valence-electron chi connectivity index (χ0n) is 13.2. The molecule has 1 fully saturated rings. The number of carbonyl (C=O) groups excluding carboxylic acids is 1. The minimum Gasteiger partial charge on any atom is -0.477 e. The summed E-state index contributed by atoms with van der Waals surface area (Å²) in [4.78, 5) is 26.0. The van der Waals surface area contributed by atoms with Gasteiger partial charge in [-0.05, 0) is 49.6 Å². The third-order valence-electron chi connectivity index (χ3n) is 4.15. The van der Waals surface area contributed by atoms with E-state index in [0.717, 1.165) is 49.6 Å². The maximum Gasteiger partial charge on any atom is 0.345 e. The van der Waals surface area contributed by atoms with Crippen LogP contribution in [0.25, 0.3) is 0 Å². The maximum atomic E-state index is 12.1. The summed E-state index contributed by atoms with van der Waals surface area (Å²) in [5.74, 6) is 0.159. The summed E-state index contributed by atoms with van der Waals surface area (Å²) in [6.07, 6.45) is 3.87. The number of carboxylic acid groups (broad SMARTS) is 1. The van der Waals surface area contributed by atoms with Gasteiger partial charge in [-0.3, -0.25) is 9.69 Å². The Kier molecular flexibility index (Phi) is 5.32. The number of thiophene rings is 1.